The third-order valence-electron chi connectivity index (χ3n) is 7.21. The molecule has 172 valence electrons. The number of hydrogen-bond acceptors (Lipinski definition) is 3. The summed E-state index contributed by atoms with van der Waals surface area (Å²) in [5, 5.41) is 3.17. The number of anilines is 1. The van der Waals surface area contributed by atoms with Crippen molar-refractivity contribution in [1.82, 2.24) is 14.7 Å². The van der Waals surface area contributed by atoms with Gasteiger partial charge in [0.15, 0.2) is 0 Å². The fraction of sp³-hybridized carbons (Fsp3) is 0.680. The minimum Gasteiger partial charge on any atom is -0.343 e. The van der Waals surface area contributed by atoms with Gasteiger partial charge in [-0.1, -0.05) is 19.1 Å². The highest BCUT2D eigenvalue weighted by Crippen LogP contribution is 2.22. The average Bonchev–Trinajstić information content (AvgIpc) is 2.76. The van der Waals surface area contributed by atoms with Crippen molar-refractivity contribution in [3.8, 4) is 0 Å². The molecule has 0 radical (unpaired) electrons. The monoisotopic (exact) mass is 428 g/mol. The fourth-order valence-electron chi connectivity index (χ4n) is 4.77. The molecule has 1 aromatic carbocycles. The van der Waals surface area contributed by atoms with Crippen LogP contribution in [-0.2, 0) is 4.79 Å². The van der Waals surface area contributed by atoms with Crippen molar-refractivity contribution >= 4 is 17.6 Å². The number of hydrogen-bond donors (Lipinski definition) is 1. The second-order valence-electron chi connectivity index (χ2n) is 9.49. The maximum absolute atomic E-state index is 13.3. The molecular weight excluding hydrogens is 388 g/mol. The van der Waals surface area contributed by atoms with Crippen LogP contribution in [0.3, 0.4) is 0 Å². The molecule has 31 heavy (non-hydrogen) atoms. The molecule has 2 fully saturated rings. The first-order valence-electron chi connectivity index (χ1n) is 12.0. The van der Waals surface area contributed by atoms with E-state index in [9.17, 15) is 9.59 Å². The van der Waals surface area contributed by atoms with Crippen molar-refractivity contribution < 1.29 is 9.59 Å². The number of rotatable bonds is 6. The summed E-state index contributed by atoms with van der Waals surface area (Å²) in [4.78, 5) is 31.5. The molecule has 0 atom stereocenters. The quantitative estimate of drug-likeness (QED) is 0.736. The number of benzene rings is 1. The third kappa shape index (κ3) is 6.45. The molecule has 1 aromatic rings. The molecule has 6 nitrogen and oxygen atoms in total. The van der Waals surface area contributed by atoms with Crippen LogP contribution in [0, 0.1) is 19.8 Å². The zero-order chi connectivity index (χ0) is 22.4. The largest absolute Gasteiger partial charge is 0.343 e. The Labute approximate surface area is 188 Å². The number of amides is 3. The van der Waals surface area contributed by atoms with Gasteiger partial charge in [-0.2, -0.15) is 0 Å². The van der Waals surface area contributed by atoms with E-state index in [4.69, 9.17) is 0 Å². The normalized spacial score (nSPS) is 18.8. The smallest absolute Gasteiger partial charge is 0.322 e. The Balaban J connectivity index is 1.62. The summed E-state index contributed by atoms with van der Waals surface area (Å²) in [7, 11) is 0. The summed E-state index contributed by atoms with van der Waals surface area (Å²) in [6, 6.07) is 6.21. The summed E-state index contributed by atoms with van der Waals surface area (Å²) in [6.07, 6.45) is 5.24. The van der Waals surface area contributed by atoms with Gasteiger partial charge in [-0.25, -0.2) is 4.79 Å². The molecule has 2 aliphatic rings. The van der Waals surface area contributed by atoms with E-state index in [1.54, 1.807) is 6.92 Å². The molecular formula is C25H40N4O2. The number of nitrogens with zero attached hydrogens (tertiary/aromatic N) is 3. The van der Waals surface area contributed by atoms with Gasteiger partial charge in [0.05, 0.1) is 0 Å². The second kappa shape index (κ2) is 11.0. The fourth-order valence-corrected chi connectivity index (χ4v) is 4.77. The Morgan fingerprint density at radius 3 is 2.39 bits per heavy atom. The van der Waals surface area contributed by atoms with E-state index in [2.05, 4.69) is 37.1 Å². The summed E-state index contributed by atoms with van der Waals surface area (Å²) >= 11 is 0. The number of urea groups is 1. The Hall–Kier alpha value is -2.08. The van der Waals surface area contributed by atoms with Crippen molar-refractivity contribution in [2.45, 2.75) is 65.8 Å². The van der Waals surface area contributed by atoms with E-state index < -0.39 is 0 Å². The van der Waals surface area contributed by atoms with Crippen LogP contribution in [0.25, 0.3) is 0 Å². The van der Waals surface area contributed by atoms with Crippen LogP contribution in [0.5, 0.6) is 0 Å². The molecule has 0 aliphatic carbocycles. The molecule has 0 unspecified atom stereocenters. The number of likely N-dealkylation sites (tertiary alicyclic amines) is 2. The van der Waals surface area contributed by atoms with Crippen molar-refractivity contribution in [3.05, 3.63) is 29.3 Å². The molecule has 0 bridgehead atoms. The molecule has 2 heterocycles. The molecule has 2 saturated heterocycles. The third-order valence-corrected chi connectivity index (χ3v) is 7.21. The highest BCUT2D eigenvalue weighted by molar-refractivity contribution is 5.90. The van der Waals surface area contributed by atoms with Crippen LogP contribution in [-0.4, -0.2) is 71.9 Å². The molecule has 0 spiro atoms. The average molecular weight is 429 g/mol. The van der Waals surface area contributed by atoms with Crippen LogP contribution in [0.2, 0.25) is 0 Å². The lowest BCUT2D eigenvalue weighted by molar-refractivity contribution is -0.130. The van der Waals surface area contributed by atoms with Crippen LogP contribution in [0.4, 0.5) is 10.5 Å². The van der Waals surface area contributed by atoms with Gasteiger partial charge in [-0.3, -0.25) is 4.79 Å². The van der Waals surface area contributed by atoms with E-state index in [1.807, 2.05) is 21.9 Å². The lowest BCUT2D eigenvalue weighted by Crippen LogP contribution is -2.50. The molecule has 0 aromatic heterocycles. The lowest BCUT2D eigenvalue weighted by atomic mass is 9.99. The maximum atomic E-state index is 13.3. The Morgan fingerprint density at radius 1 is 1.06 bits per heavy atom. The summed E-state index contributed by atoms with van der Waals surface area (Å²) in [5.41, 5.74) is 3.18. The van der Waals surface area contributed by atoms with E-state index in [0.29, 0.717) is 0 Å². The van der Waals surface area contributed by atoms with Gasteiger partial charge in [0.25, 0.3) is 0 Å². The molecule has 1 N–H and O–H groups in total. The van der Waals surface area contributed by atoms with E-state index in [0.717, 1.165) is 62.6 Å². The highest BCUT2D eigenvalue weighted by Gasteiger charge is 2.29. The topological polar surface area (TPSA) is 55.9 Å². The van der Waals surface area contributed by atoms with Crippen molar-refractivity contribution in [2.24, 2.45) is 5.92 Å². The first-order valence-corrected chi connectivity index (χ1v) is 12.0. The van der Waals surface area contributed by atoms with Gasteiger partial charge < -0.3 is 20.0 Å². The molecule has 2 aliphatic heterocycles. The van der Waals surface area contributed by atoms with Crippen LogP contribution < -0.4 is 5.32 Å². The molecule has 3 amide bonds. The molecule has 6 heteroatoms. The van der Waals surface area contributed by atoms with Gasteiger partial charge in [0.2, 0.25) is 5.91 Å². The Bertz CT molecular complexity index is 750. The van der Waals surface area contributed by atoms with Gasteiger partial charge in [-0.15, -0.1) is 0 Å². The highest BCUT2D eigenvalue weighted by atomic mass is 16.2. The number of carbonyl (C=O) groups is 2. The summed E-state index contributed by atoms with van der Waals surface area (Å²) < 4.78 is 0. The molecule has 0 saturated carbocycles. The van der Waals surface area contributed by atoms with Gasteiger partial charge in [-0.05, 0) is 88.7 Å². The van der Waals surface area contributed by atoms with Crippen molar-refractivity contribution in [1.29, 1.82) is 0 Å². The van der Waals surface area contributed by atoms with E-state index in [1.165, 1.54) is 31.5 Å². The second-order valence-corrected chi connectivity index (χ2v) is 9.49. The van der Waals surface area contributed by atoms with Crippen molar-refractivity contribution in [2.75, 3.05) is 44.6 Å². The minimum absolute atomic E-state index is 0.0118. The summed E-state index contributed by atoms with van der Waals surface area (Å²) in [5.74, 6) is 0.965. The van der Waals surface area contributed by atoms with Gasteiger partial charge in [0.1, 0.15) is 0 Å². The number of carbonyl (C=O) groups excluding carboxylic acids is 2. The van der Waals surface area contributed by atoms with Crippen LogP contribution in [0.1, 0.15) is 57.1 Å². The zero-order valence-corrected chi connectivity index (χ0v) is 19.8. The number of piperidine rings is 2. The van der Waals surface area contributed by atoms with Gasteiger partial charge in [0, 0.05) is 38.3 Å². The van der Waals surface area contributed by atoms with Crippen molar-refractivity contribution in [3.63, 3.8) is 0 Å². The Morgan fingerprint density at radius 2 is 1.74 bits per heavy atom. The first-order chi connectivity index (χ1) is 14.8. The predicted molar refractivity (Wildman–Crippen MR) is 126 cm³/mol. The minimum atomic E-state index is -0.0118. The van der Waals surface area contributed by atoms with E-state index >= 15 is 0 Å². The summed E-state index contributed by atoms with van der Waals surface area (Å²) in [6.45, 7) is 13.7. The zero-order valence-electron chi connectivity index (χ0n) is 19.8. The van der Waals surface area contributed by atoms with Crippen LogP contribution >= 0.6 is 0 Å². The standard InChI is InChI=1S/C25H40N4O2/c1-19-9-15-27(16-10-19)13-6-14-29(23-11-17-28(18-12-23)22(4)30)25(31)26-24-8-5-7-20(2)21(24)3/h5,7-8,19,23H,6,9-18H2,1-4H3,(H,26,31). The lowest BCUT2D eigenvalue weighted by Gasteiger charge is -2.39. The SMILES string of the molecule is CC(=O)N1CCC(N(CCCN2CCC(C)CC2)C(=O)Nc2cccc(C)c2C)CC1. The predicted octanol–water partition coefficient (Wildman–Crippen LogP) is 4.27. The van der Waals surface area contributed by atoms with Gasteiger partial charge >= 0.3 is 6.03 Å². The number of nitrogens with one attached hydrogen (secondary N) is 1. The number of aryl methyl sites for hydroxylation is 1. The Kier molecular flexibility index (Phi) is 8.35. The van der Waals surface area contributed by atoms with Crippen LogP contribution in [0.15, 0.2) is 18.2 Å². The maximum Gasteiger partial charge on any atom is 0.322 e. The first kappa shape index (κ1) is 23.6. The van der Waals surface area contributed by atoms with E-state index in [-0.39, 0.29) is 18.0 Å². The molecule has 3 rings (SSSR count).